The molecule has 1 aliphatic heterocycles. The van der Waals surface area contributed by atoms with Gasteiger partial charge in [0.15, 0.2) is 0 Å². The molecule has 6 nitrogen and oxygen atoms in total. The molecule has 6 heteroatoms. The predicted octanol–water partition coefficient (Wildman–Crippen LogP) is 3.74. The molecule has 27 heavy (non-hydrogen) atoms. The van der Waals surface area contributed by atoms with Crippen LogP contribution in [0.1, 0.15) is 63.9 Å². The topological polar surface area (TPSA) is 69.7 Å². The molecule has 0 aromatic heterocycles. The summed E-state index contributed by atoms with van der Waals surface area (Å²) in [4.78, 5) is 40.6. The summed E-state index contributed by atoms with van der Waals surface area (Å²) < 4.78 is 0. The van der Waals surface area contributed by atoms with Crippen LogP contribution in [0.3, 0.4) is 0 Å². The molecule has 4 amide bonds. The summed E-state index contributed by atoms with van der Waals surface area (Å²) in [5.74, 6) is -0.108. The van der Waals surface area contributed by atoms with Crippen LogP contribution in [0.15, 0.2) is 24.3 Å². The lowest BCUT2D eigenvalue weighted by Gasteiger charge is -2.35. The van der Waals surface area contributed by atoms with Gasteiger partial charge >= 0.3 is 6.03 Å². The van der Waals surface area contributed by atoms with Crippen molar-refractivity contribution in [1.82, 2.24) is 9.80 Å². The zero-order valence-electron chi connectivity index (χ0n) is 16.5. The van der Waals surface area contributed by atoms with Crippen LogP contribution in [0.25, 0.3) is 0 Å². The molecule has 1 saturated carbocycles. The molecule has 1 spiro atoms. The molecular formula is C21H29N3O3. The highest BCUT2D eigenvalue weighted by atomic mass is 16.2. The molecule has 2 aliphatic rings. The molecule has 1 aromatic carbocycles. The Hall–Kier alpha value is -2.37. The van der Waals surface area contributed by atoms with E-state index < -0.39 is 5.54 Å². The zero-order chi connectivity index (χ0) is 19.6. The Labute approximate surface area is 160 Å². The van der Waals surface area contributed by atoms with E-state index >= 15 is 0 Å². The van der Waals surface area contributed by atoms with Gasteiger partial charge in [0.1, 0.15) is 12.1 Å². The van der Waals surface area contributed by atoms with Crippen molar-refractivity contribution in [2.45, 2.75) is 63.8 Å². The van der Waals surface area contributed by atoms with Crippen LogP contribution in [0.5, 0.6) is 0 Å². The van der Waals surface area contributed by atoms with Crippen LogP contribution in [0.4, 0.5) is 10.5 Å². The van der Waals surface area contributed by atoms with Gasteiger partial charge in [-0.15, -0.1) is 0 Å². The summed E-state index contributed by atoms with van der Waals surface area (Å²) in [6.07, 6.45) is 5.38. The zero-order valence-corrected chi connectivity index (χ0v) is 16.5. The third-order valence-corrected chi connectivity index (χ3v) is 6.16. The predicted molar refractivity (Wildman–Crippen MR) is 104 cm³/mol. The number of hydrogen-bond acceptors (Lipinski definition) is 3. The van der Waals surface area contributed by atoms with Gasteiger partial charge in [0.2, 0.25) is 5.91 Å². The van der Waals surface area contributed by atoms with Crippen molar-refractivity contribution in [2.75, 3.05) is 18.9 Å². The van der Waals surface area contributed by atoms with Gasteiger partial charge in [-0.25, -0.2) is 4.79 Å². The molecule has 3 rings (SSSR count). The van der Waals surface area contributed by atoms with E-state index in [1.54, 1.807) is 11.9 Å². The number of carbonyl (C=O) groups is 3. The van der Waals surface area contributed by atoms with Crippen LogP contribution < -0.4 is 5.32 Å². The van der Waals surface area contributed by atoms with Gasteiger partial charge in [-0.1, -0.05) is 45.2 Å². The molecule has 0 bridgehead atoms. The van der Waals surface area contributed by atoms with Crippen LogP contribution in [-0.2, 0) is 9.59 Å². The summed E-state index contributed by atoms with van der Waals surface area (Å²) >= 11 is 0. The van der Waals surface area contributed by atoms with Crippen LogP contribution in [-0.4, -0.2) is 46.8 Å². The van der Waals surface area contributed by atoms with Crippen molar-refractivity contribution >= 4 is 23.5 Å². The molecule has 1 heterocycles. The third kappa shape index (κ3) is 3.57. The Morgan fingerprint density at radius 2 is 1.78 bits per heavy atom. The van der Waals surface area contributed by atoms with E-state index in [9.17, 15) is 14.4 Å². The lowest BCUT2D eigenvalue weighted by molar-refractivity contribution is -0.136. The minimum Gasteiger partial charge on any atom is -0.325 e. The van der Waals surface area contributed by atoms with Crippen molar-refractivity contribution < 1.29 is 14.4 Å². The third-order valence-electron chi connectivity index (χ3n) is 6.16. The molecule has 0 radical (unpaired) electrons. The van der Waals surface area contributed by atoms with Gasteiger partial charge in [0.05, 0.1) is 0 Å². The van der Waals surface area contributed by atoms with Gasteiger partial charge in [-0.05, 0) is 42.9 Å². The average Bonchev–Trinajstić information content (AvgIpc) is 2.85. The fourth-order valence-corrected chi connectivity index (χ4v) is 4.15. The number of nitrogens with one attached hydrogen (secondary N) is 1. The van der Waals surface area contributed by atoms with E-state index in [4.69, 9.17) is 0 Å². The fraction of sp³-hybridized carbons (Fsp3) is 0.571. The van der Waals surface area contributed by atoms with Crippen molar-refractivity contribution in [1.29, 1.82) is 0 Å². The lowest BCUT2D eigenvalue weighted by atomic mass is 9.81. The molecule has 1 aliphatic carbocycles. The number of anilines is 1. The number of carbonyl (C=O) groups excluding carboxylic acids is 3. The summed E-state index contributed by atoms with van der Waals surface area (Å²) in [6, 6.07) is 7.36. The number of hydrogen-bond donors (Lipinski definition) is 1. The second-order valence-corrected chi connectivity index (χ2v) is 7.80. The van der Waals surface area contributed by atoms with Gasteiger partial charge in [-0.2, -0.15) is 0 Å². The van der Waals surface area contributed by atoms with Gasteiger partial charge < -0.3 is 10.2 Å². The van der Waals surface area contributed by atoms with E-state index in [0.717, 1.165) is 30.6 Å². The highest BCUT2D eigenvalue weighted by Gasteiger charge is 2.55. The maximum absolute atomic E-state index is 12.9. The van der Waals surface area contributed by atoms with Crippen molar-refractivity contribution in [3.8, 4) is 0 Å². The highest BCUT2D eigenvalue weighted by Crippen LogP contribution is 2.39. The van der Waals surface area contributed by atoms with E-state index in [-0.39, 0.29) is 24.4 Å². The summed E-state index contributed by atoms with van der Waals surface area (Å²) in [5.41, 5.74) is 1.15. The van der Waals surface area contributed by atoms with Crippen molar-refractivity contribution in [2.24, 2.45) is 0 Å². The van der Waals surface area contributed by atoms with Gasteiger partial charge in [-0.3, -0.25) is 14.5 Å². The van der Waals surface area contributed by atoms with E-state index in [2.05, 4.69) is 19.2 Å². The maximum atomic E-state index is 12.9. The van der Waals surface area contributed by atoms with Crippen LogP contribution in [0, 0.1) is 0 Å². The second kappa shape index (κ2) is 7.71. The number of imide groups is 1. The Kier molecular flexibility index (Phi) is 5.53. The SMILES string of the molecule is CC[C@H](C)c1ccc(NC(=O)CN2C(=O)N(C)C3(CCCCC3)C2=O)cc1. The Balaban J connectivity index is 1.65. The standard InChI is InChI=1S/C21H29N3O3/c1-4-15(2)16-8-10-17(11-9-16)22-18(25)14-24-19(26)21(23(3)20(24)27)12-6-5-7-13-21/h8-11,15H,4-7,12-14H2,1-3H3,(H,22,25)/t15-/m0/s1. The number of benzene rings is 1. The summed E-state index contributed by atoms with van der Waals surface area (Å²) in [6.45, 7) is 4.06. The number of urea groups is 1. The fourth-order valence-electron chi connectivity index (χ4n) is 4.15. The largest absolute Gasteiger partial charge is 0.327 e. The molecule has 2 fully saturated rings. The first-order chi connectivity index (χ1) is 12.9. The monoisotopic (exact) mass is 371 g/mol. The normalized spacial score (nSPS) is 20.3. The number of nitrogens with zero attached hydrogens (tertiary/aromatic N) is 2. The Morgan fingerprint density at radius 3 is 2.37 bits per heavy atom. The minimum atomic E-state index is -0.743. The van der Waals surface area contributed by atoms with Gasteiger partial charge in [0.25, 0.3) is 5.91 Å². The van der Waals surface area contributed by atoms with Crippen LogP contribution in [0.2, 0.25) is 0 Å². The van der Waals surface area contributed by atoms with E-state index in [0.29, 0.717) is 24.4 Å². The van der Waals surface area contributed by atoms with Crippen molar-refractivity contribution in [3.63, 3.8) is 0 Å². The first-order valence-corrected chi connectivity index (χ1v) is 9.88. The quantitative estimate of drug-likeness (QED) is 0.802. The molecular weight excluding hydrogens is 342 g/mol. The summed E-state index contributed by atoms with van der Waals surface area (Å²) in [7, 11) is 1.68. The number of likely N-dealkylation sites (N-methyl/N-ethyl adjacent to an activating group) is 1. The number of rotatable bonds is 5. The molecule has 146 valence electrons. The Morgan fingerprint density at radius 1 is 1.15 bits per heavy atom. The second-order valence-electron chi connectivity index (χ2n) is 7.80. The molecule has 1 atom stereocenters. The summed E-state index contributed by atoms with van der Waals surface area (Å²) in [5, 5.41) is 2.80. The minimum absolute atomic E-state index is 0.225. The first-order valence-electron chi connectivity index (χ1n) is 9.88. The molecule has 0 unspecified atom stereocenters. The van der Waals surface area contributed by atoms with E-state index in [1.807, 2.05) is 24.3 Å². The van der Waals surface area contributed by atoms with E-state index in [1.165, 1.54) is 5.56 Å². The highest BCUT2D eigenvalue weighted by molar-refractivity contribution is 6.10. The van der Waals surface area contributed by atoms with Gasteiger partial charge in [0, 0.05) is 12.7 Å². The molecule has 1 aromatic rings. The van der Waals surface area contributed by atoms with Crippen LogP contribution >= 0.6 is 0 Å². The average molecular weight is 371 g/mol. The van der Waals surface area contributed by atoms with Crippen molar-refractivity contribution in [3.05, 3.63) is 29.8 Å². The number of amides is 4. The molecule has 1 saturated heterocycles. The lowest BCUT2D eigenvalue weighted by Crippen LogP contribution is -2.49. The Bertz CT molecular complexity index is 723. The smallest absolute Gasteiger partial charge is 0.325 e. The maximum Gasteiger partial charge on any atom is 0.327 e. The molecule has 1 N–H and O–H groups in total. The first kappa shape index (κ1) is 19.4.